The van der Waals surface area contributed by atoms with Crippen molar-refractivity contribution in [3.05, 3.63) is 40.8 Å². The summed E-state index contributed by atoms with van der Waals surface area (Å²) >= 11 is 1.52. The van der Waals surface area contributed by atoms with Crippen molar-refractivity contribution in [3.63, 3.8) is 0 Å². The van der Waals surface area contributed by atoms with Gasteiger partial charge in [-0.1, -0.05) is 16.5 Å². The van der Waals surface area contributed by atoms with Crippen LogP contribution in [0, 0.1) is 20.8 Å². The van der Waals surface area contributed by atoms with Gasteiger partial charge in [0.25, 0.3) is 5.91 Å². The number of carbonyl (C=O) groups is 1. The molecule has 1 amide bonds. The predicted octanol–water partition coefficient (Wildman–Crippen LogP) is 4.04. The van der Waals surface area contributed by atoms with Crippen LogP contribution in [0.5, 0.6) is 0 Å². The monoisotopic (exact) mass is 371 g/mol. The lowest BCUT2D eigenvalue weighted by Crippen LogP contribution is -2.37. The summed E-state index contributed by atoms with van der Waals surface area (Å²) in [6.45, 7) is 7.16. The number of rotatable bonds is 4. The molecule has 0 spiro atoms. The Bertz CT molecular complexity index is 917. The Balaban J connectivity index is 1.72. The van der Waals surface area contributed by atoms with Gasteiger partial charge in [0.2, 0.25) is 5.76 Å². The first-order valence-electron chi connectivity index (χ1n) is 8.76. The largest absolute Gasteiger partial charge is 0.376 e. The topological polar surface area (TPSA) is 68.5 Å². The minimum absolute atomic E-state index is 0.0263. The number of benzene rings is 1. The van der Waals surface area contributed by atoms with Crippen LogP contribution in [0.4, 0.5) is 5.13 Å². The highest BCUT2D eigenvalue weighted by molar-refractivity contribution is 7.22. The highest BCUT2D eigenvalue weighted by Crippen LogP contribution is 2.32. The third kappa shape index (κ3) is 3.24. The molecule has 0 N–H and O–H groups in total. The van der Waals surface area contributed by atoms with Crippen LogP contribution < -0.4 is 4.90 Å². The van der Waals surface area contributed by atoms with Gasteiger partial charge in [-0.05, 0) is 56.9 Å². The summed E-state index contributed by atoms with van der Waals surface area (Å²) in [4.78, 5) is 19.4. The second-order valence-corrected chi connectivity index (χ2v) is 7.79. The van der Waals surface area contributed by atoms with E-state index >= 15 is 0 Å². The van der Waals surface area contributed by atoms with E-state index in [0.717, 1.165) is 29.7 Å². The molecule has 26 heavy (non-hydrogen) atoms. The number of ether oxygens (including phenoxy) is 1. The average molecular weight is 371 g/mol. The van der Waals surface area contributed by atoms with Gasteiger partial charge in [-0.25, -0.2) is 4.98 Å². The zero-order chi connectivity index (χ0) is 18.3. The van der Waals surface area contributed by atoms with Crippen molar-refractivity contribution in [1.82, 2.24) is 10.1 Å². The summed E-state index contributed by atoms with van der Waals surface area (Å²) in [7, 11) is 0. The molecule has 1 saturated heterocycles. The summed E-state index contributed by atoms with van der Waals surface area (Å²) in [6.07, 6.45) is 1.99. The van der Waals surface area contributed by atoms with Crippen molar-refractivity contribution >= 4 is 32.6 Å². The SMILES string of the molecule is Cc1cc(C(=O)N(CC2CCCO2)c2nc3cc(C)c(C)cc3s2)on1. The molecule has 7 heteroatoms. The second-order valence-electron chi connectivity index (χ2n) is 6.78. The summed E-state index contributed by atoms with van der Waals surface area (Å²) in [6, 6.07) is 5.85. The highest BCUT2D eigenvalue weighted by atomic mass is 32.1. The van der Waals surface area contributed by atoms with Gasteiger partial charge in [0.15, 0.2) is 5.13 Å². The van der Waals surface area contributed by atoms with E-state index in [1.54, 1.807) is 17.9 Å². The number of nitrogens with zero attached hydrogens (tertiary/aromatic N) is 3. The van der Waals surface area contributed by atoms with Crippen LogP contribution >= 0.6 is 11.3 Å². The standard InChI is InChI=1S/C19H21N3O3S/c1-11-7-15-17(8-12(11)2)26-19(20-15)22(10-14-5-4-6-24-14)18(23)16-9-13(3)21-25-16/h7-9,14H,4-6,10H2,1-3H3. The molecule has 3 heterocycles. The zero-order valence-electron chi connectivity index (χ0n) is 15.1. The molecule has 6 nitrogen and oxygen atoms in total. The molecule has 0 radical (unpaired) electrons. The molecule has 1 atom stereocenters. The molecule has 0 bridgehead atoms. The Kier molecular flexibility index (Phi) is 4.50. The van der Waals surface area contributed by atoms with Crippen molar-refractivity contribution < 1.29 is 14.1 Å². The molecule has 4 rings (SSSR count). The van der Waals surface area contributed by atoms with Crippen molar-refractivity contribution in [2.75, 3.05) is 18.1 Å². The summed E-state index contributed by atoms with van der Waals surface area (Å²) in [5.74, 6) is 0.000661. The number of thiazole rings is 1. The van der Waals surface area contributed by atoms with Gasteiger partial charge in [-0.15, -0.1) is 0 Å². The van der Waals surface area contributed by atoms with Crippen LogP contribution in [0.25, 0.3) is 10.2 Å². The number of carbonyl (C=O) groups excluding carboxylic acids is 1. The summed E-state index contributed by atoms with van der Waals surface area (Å²) in [5.41, 5.74) is 4.00. The second kappa shape index (κ2) is 6.81. The lowest BCUT2D eigenvalue weighted by molar-refractivity contribution is 0.0887. The van der Waals surface area contributed by atoms with Gasteiger partial charge in [-0.3, -0.25) is 9.69 Å². The fraction of sp³-hybridized carbons (Fsp3) is 0.421. The number of hydrogen-bond donors (Lipinski definition) is 0. The summed E-state index contributed by atoms with van der Waals surface area (Å²) < 4.78 is 12.0. The van der Waals surface area contributed by atoms with Crippen LogP contribution in [0.1, 0.15) is 40.2 Å². The average Bonchev–Trinajstić information content (AvgIpc) is 3.33. The Labute approximate surface area is 155 Å². The smallest absolute Gasteiger partial charge is 0.298 e. The van der Waals surface area contributed by atoms with Crippen molar-refractivity contribution in [1.29, 1.82) is 0 Å². The lowest BCUT2D eigenvalue weighted by atomic mass is 10.1. The Morgan fingerprint density at radius 2 is 2.08 bits per heavy atom. The van der Waals surface area contributed by atoms with Crippen LogP contribution in [0.2, 0.25) is 0 Å². The quantitative estimate of drug-likeness (QED) is 0.692. The molecule has 1 fully saturated rings. The first kappa shape index (κ1) is 17.2. The lowest BCUT2D eigenvalue weighted by Gasteiger charge is -2.21. The normalized spacial score (nSPS) is 17.1. The number of aryl methyl sites for hydroxylation is 3. The zero-order valence-corrected chi connectivity index (χ0v) is 15.9. The molecular weight excluding hydrogens is 350 g/mol. The molecule has 1 aliphatic rings. The molecule has 136 valence electrons. The van der Waals surface area contributed by atoms with Crippen molar-refractivity contribution in [2.45, 2.75) is 39.7 Å². The van der Waals surface area contributed by atoms with E-state index in [0.29, 0.717) is 17.4 Å². The Hall–Kier alpha value is -2.25. The molecule has 0 aliphatic carbocycles. The summed E-state index contributed by atoms with van der Waals surface area (Å²) in [5, 5.41) is 4.51. The highest BCUT2D eigenvalue weighted by Gasteiger charge is 2.29. The van der Waals surface area contributed by atoms with Gasteiger partial charge in [-0.2, -0.15) is 0 Å². The fourth-order valence-corrected chi connectivity index (χ4v) is 4.17. The van der Waals surface area contributed by atoms with Gasteiger partial charge in [0.1, 0.15) is 0 Å². The van der Waals surface area contributed by atoms with E-state index in [9.17, 15) is 4.79 Å². The van der Waals surface area contributed by atoms with Crippen LogP contribution in [-0.2, 0) is 4.74 Å². The fourth-order valence-electron chi connectivity index (χ4n) is 3.12. The van der Waals surface area contributed by atoms with Crippen LogP contribution in [0.15, 0.2) is 22.7 Å². The van der Waals surface area contributed by atoms with E-state index in [-0.39, 0.29) is 17.8 Å². The third-order valence-electron chi connectivity index (χ3n) is 4.72. The Morgan fingerprint density at radius 3 is 2.77 bits per heavy atom. The van der Waals surface area contributed by atoms with E-state index in [2.05, 4.69) is 31.1 Å². The number of amides is 1. The maximum absolute atomic E-state index is 13.1. The Morgan fingerprint density at radius 1 is 1.27 bits per heavy atom. The molecule has 3 aromatic rings. The van der Waals surface area contributed by atoms with Crippen molar-refractivity contribution in [2.24, 2.45) is 0 Å². The third-order valence-corrected chi connectivity index (χ3v) is 5.76. The molecule has 1 unspecified atom stereocenters. The number of hydrogen-bond acceptors (Lipinski definition) is 6. The van der Waals surface area contributed by atoms with Crippen LogP contribution in [0.3, 0.4) is 0 Å². The minimum Gasteiger partial charge on any atom is -0.376 e. The first-order valence-corrected chi connectivity index (χ1v) is 9.57. The number of aromatic nitrogens is 2. The molecule has 1 aliphatic heterocycles. The van der Waals surface area contributed by atoms with E-state index in [1.165, 1.54) is 22.5 Å². The number of fused-ring (bicyclic) bond motifs is 1. The van der Waals surface area contributed by atoms with E-state index < -0.39 is 0 Å². The molecular formula is C19H21N3O3S. The van der Waals surface area contributed by atoms with Gasteiger partial charge in [0, 0.05) is 12.7 Å². The first-order chi connectivity index (χ1) is 12.5. The van der Waals surface area contributed by atoms with Gasteiger partial charge < -0.3 is 9.26 Å². The van der Waals surface area contributed by atoms with Gasteiger partial charge >= 0.3 is 0 Å². The minimum atomic E-state index is -0.228. The van der Waals surface area contributed by atoms with Crippen LogP contribution in [-0.4, -0.2) is 35.3 Å². The van der Waals surface area contributed by atoms with Gasteiger partial charge in [0.05, 0.1) is 28.6 Å². The predicted molar refractivity (Wildman–Crippen MR) is 101 cm³/mol. The molecule has 2 aromatic heterocycles. The maximum Gasteiger partial charge on any atom is 0.298 e. The molecule has 0 saturated carbocycles. The van der Waals surface area contributed by atoms with E-state index in [4.69, 9.17) is 14.2 Å². The maximum atomic E-state index is 13.1. The van der Waals surface area contributed by atoms with E-state index in [1.807, 2.05) is 0 Å². The van der Waals surface area contributed by atoms with Crippen molar-refractivity contribution in [3.8, 4) is 0 Å². The number of anilines is 1. The molecule has 1 aromatic carbocycles.